The topological polar surface area (TPSA) is 68.9 Å². The predicted octanol–water partition coefficient (Wildman–Crippen LogP) is 2.33. The summed E-state index contributed by atoms with van der Waals surface area (Å²) in [6.07, 6.45) is -2.17. The van der Waals surface area contributed by atoms with Crippen molar-refractivity contribution in [1.82, 2.24) is 26.2 Å². The van der Waals surface area contributed by atoms with E-state index < -0.39 is 17.6 Å². The highest BCUT2D eigenvalue weighted by molar-refractivity contribution is 5.76. The zero-order valence-electron chi connectivity index (χ0n) is 16.3. The molecule has 0 aliphatic carbocycles. The second-order valence-electron chi connectivity index (χ2n) is 7.75. The van der Waals surface area contributed by atoms with Gasteiger partial charge in [-0.3, -0.25) is 0 Å². The molecule has 1 aromatic carbocycles. The van der Waals surface area contributed by atoms with E-state index in [0.29, 0.717) is 25.7 Å². The van der Waals surface area contributed by atoms with Gasteiger partial charge in [0.1, 0.15) is 5.82 Å². The van der Waals surface area contributed by atoms with Crippen LogP contribution in [-0.2, 0) is 17.5 Å². The molecular weight excluding hydrogens is 406 g/mol. The van der Waals surface area contributed by atoms with Crippen LogP contribution >= 0.6 is 0 Å². The van der Waals surface area contributed by atoms with Crippen LogP contribution in [0.4, 0.5) is 22.4 Å². The number of halogens is 4. The van der Waals surface area contributed by atoms with Crippen molar-refractivity contribution in [2.45, 2.75) is 38.3 Å². The van der Waals surface area contributed by atoms with Crippen molar-refractivity contribution < 1.29 is 27.1 Å². The zero-order valence-corrected chi connectivity index (χ0v) is 16.3. The number of amides is 2. The van der Waals surface area contributed by atoms with Crippen molar-refractivity contribution in [2.24, 2.45) is 5.92 Å². The Labute approximate surface area is 171 Å². The summed E-state index contributed by atoms with van der Waals surface area (Å²) < 4.78 is 57.5. The summed E-state index contributed by atoms with van der Waals surface area (Å²) in [5.74, 6) is -0.714. The van der Waals surface area contributed by atoms with Crippen LogP contribution in [0.3, 0.4) is 0 Å². The van der Waals surface area contributed by atoms with Gasteiger partial charge in [0.05, 0.1) is 30.9 Å². The van der Waals surface area contributed by atoms with E-state index in [0.717, 1.165) is 24.3 Å². The molecule has 0 radical (unpaired) electrons. The maximum atomic E-state index is 14.0. The highest BCUT2D eigenvalue weighted by atomic mass is 19.4. The minimum atomic E-state index is -4.59. The molecule has 164 valence electrons. The van der Waals surface area contributed by atoms with Gasteiger partial charge in [0.25, 0.3) is 0 Å². The van der Waals surface area contributed by atoms with Gasteiger partial charge in [-0.25, -0.2) is 9.18 Å². The number of nitrogens with one attached hydrogen (secondary N) is 3. The molecule has 3 atom stereocenters. The predicted molar refractivity (Wildman–Crippen MR) is 98.7 cm³/mol. The summed E-state index contributed by atoms with van der Waals surface area (Å²) in [6.45, 7) is 3.35. The molecule has 4 rings (SSSR count). The van der Waals surface area contributed by atoms with E-state index in [2.05, 4.69) is 16.4 Å². The van der Waals surface area contributed by atoms with Crippen LogP contribution in [-0.4, -0.2) is 47.6 Å². The van der Waals surface area contributed by atoms with E-state index in [9.17, 15) is 22.4 Å². The SMILES string of the molecule is CC1C(OCc2ccc(C(F)(F)F)cc2F)CN1C(=O)N1CC[C@@H](C2=CNNN2)C1. The third-order valence-corrected chi connectivity index (χ3v) is 5.89. The molecule has 0 aromatic heterocycles. The number of hydrogen-bond acceptors (Lipinski definition) is 5. The summed E-state index contributed by atoms with van der Waals surface area (Å²) in [7, 11) is 0. The molecule has 7 nitrogen and oxygen atoms in total. The molecule has 2 saturated heterocycles. The number of urea groups is 1. The standard InChI is InChI=1S/C19H23F4N5O2/c1-11-17(30-10-13-2-3-14(6-15(13)20)19(21,22)23)9-28(11)18(29)27-5-4-12(8-27)16-7-24-26-25-16/h2-3,6-7,11-12,17,24-26H,4-5,8-10H2,1H3/t11?,12-,17?/m1/s1. The van der Waals surface area contributed by atoms with Crippen LogP contribution in [0.2, 0.25) is 0 Å². The molecule has 2 fully saturated rings. The number of alkyl halides is 3. The van der Waals surface area contributed by atoms with Crippen LogP contribution < -0.4 is 16.4 Å². The lowest BCUT2D eigenvalue weighted by Crippen LogP contribution is -2.64. The van der Waals surface area contributed by atoms with E-state index in [-0.39, 0.29) is 36.3 Å². The summed E-state index contributed by atoms with van der Waals surface area (Å²) in [6, 6.07) is 2.14. The zero-order chi connectivity index (χ0) is 21.5. The van der Waals surface area contributed by atoms with Gasteiger partial charge in [0, 0.05) is 36.5 Å². The number of nitrogens with zero attached hydrogens (tertiary/aromatic N) is 2. The molecule has 11 heteroatoms. The fraction of sp³-hybridized carbons (Fsp3) is 0.526. The number of benzene rings is 1. The summed E-state index contributed by atoms with van der Waals surface area (Å²) in [5, 5.41) is 0. The van der Waals surface area contributed by atoms with E-state index in [1.54, 1.807) is 9.80 Å². The van der Waals surface area contributed by atoms with Gasteiger partial charge in [0.15, 0.2) is 0 Å². The van der Waals surface area contributed by atoms with Crippen molar-refractivity contribution >= 4 is 6.03 Å². The smallest absolute Gasteiger partial charge is 0.369 e. The normalized spacial score (nSPS) is 26.2. The number of rotatable bonds is 4. The molecule has 2 amide bonds. The van der Waals surface area contributed by atoms with Gasteiger partial charge in [-0.2, -0.15) is 18.7 Å². The molecule has 0 spiro atoms. The van der Waals surface area contributed by atoms with Gasteiger partial charge < -0.3 is 25.4 Å². The summed E-state index contributed by atoms with van der Waals surface area (Å²) in [5.41, 5.74) is 8.70. The van der Waals surface area contributed by atoms with E-state index >= 15 is 0 Å². The van der Waals surface area contributed by atoms with E-state index in [4.69, 9.17) is 4.74 Å². The molecule has 1 aromatic rings. The highest BCUT2D eigenvalue weighted by Crippen LogP contribution is 2.31. The summed E-state index contributed by atoms with van der Waals surface area (Å²) >= 11 is 0. The lowest BCUT2D eigenvalue weighted by Gasteiger charge is -2.47. The maximum Gasteiger partial charge on any atom is 0.416 e. The Bertz CT molecular complexity index is 847. The van der Waals surface area contributed by atoms with E-state index in [1.165, 1.54) is 0 Å². The minimum Gasteiger partial charge on any atom is -0.369 e. The molecule has 30 heavy (non-hydrogen) atoms. The average molecular weight is 429 g/mol. The van der Waals surface area contributed by atoms with Crippen molar-refractivity contribution in [2.75, 3.05) is 19.6 Å². The number of hydrogen-bond donors (Lipinski definition) is 3. The first-order valence-electron chi connectivity index (χ1n) is 9.73. The first kappa shape index (κ1) is 20.7. The van der Waals surface area contributed by atoms with Gasteiger partial charge in [0.2, 0.25) is 0 Å². The van der Waals surface area contributed by atoms with Crippen LogP contribution in [0, 0.1) is 11.7 Å². The van der Waals surface area contributed by atoms with E-state index in [1.807, 2.05) is 13.1 Å². The molecule has 3 heterocycles. The maximum absolute atomic E-state index is 14.0. The molecule has 0 bridgehead atoms. The Morgan fingerprint density at radius 3 is 2.73 bits per heavy atom. The molecule has 3 N–H and O–H groups in total. The second kappa shape index (κ2) is 7.95. The van der Waals surface area contributed by atoms with Gasteiger partial charge >= 0.3 is 12.2 Å². The van der Waals surface area contributed by atoms with Crippen LogP contribution in [0.1, 0.15) is 24.5 Å². The van der Waals surface area contributed by atoms with Crippen LogP contribution in [0.5, 0.6) is 0 Å². The fourth-order valence-corrected chi connectivity index (χ4v) is 3.90. The largest absolute Gasteiger partial charge is 0.416 e. The Morgan fingerprint density at radius 2 is 2.10 bits per heavy atom. The monoisotopic (exact) mass is 429 g/mol. The number of carbonyl (C=O) groups excluding carboxylic acids is 1. The highest BCUT2D eigenvalue weighted by Gasteiger charge is 2.43. The Morgan fingerprint density at radius 1 is 1.30 bits per heavy atom. The van der Waals surface area contributed by atoms with Crippen molar-refractivity contribution in [3.05, 3.63) is 47.0 Å². The van der Waals surface area contributed by atoms with Gasteiger partial charge in [-0.15, -0.1) is 0 Å². The van der Waals surface area contributed by atoms with Gasteiger partial charge in [-0.05, 0) is 25.5 Å². The molecular formula is C19H23F4N5O2. The third kappa shape index (κ3) is 4.04. The number of ether oxygens (including phenoxy) is 1. The molecule has 3 aliphatic rings. The lowest BCUT2D eigenvalue weighted by atomic mass is 10.0. The minimum absolute atomic E-state index is 0.0573. The Hall–Kier alpha value is -2.53. The van der Waals surface area contributed by atoms with Crippen molar-refractivity contribution in [3.63, 3.8) is 0 Å². The number of carbonyl (C=O) groups is 1. The lowest BCUT2D eigenvalue weighted by molar-refractivity contribution is -0.137. The molecule has 3 aliphatic heterocycles. The first-order chi connectivity index (χ1) is 14.2. The Balaban J connectivity index is 1.27. The third-order valence-electron chi connectivity index (χ3n) is 5.89. The van der Waals surface area contributed by atoms with Gasteiger partial charge in [-0.1, -0.05) is 6.07 Å². The second-order valence-corrected chi connectivity index (χ2v) is 7.75. The van der Waals surface area contributed by atoms with Crippen molar-refractivity contribution in [3.8, 4) is 0 Å². The summed E-state index contributed by atoms with van der Waals surface area (Å²) in [4.78, 5) is 16.3. The first-order valence-corrected chi connectivity index (χ1v) is 9.73. The number of hydrazine groups is 2. The van der Waals surface area contributed by atoms with Crippen LogP contribution in [0.15, 0.2) is 30.1 Å². The molecule has 0 saturated carbocycles. The fourth-order valence-electron chi connectivity index (χ4n) is 3.90. The quantitative estimate of drug-likeness (QED) is 0.641. The Kier molecular flexibility index (Phi) is 5.49. The van der Waals surface area contributed by atoms with Crippen LogP contribution in [0.25, 0.3) is 0 Å². The number of likely N-dealkylation sites (tertiary alicyclic amines) is 2. The molecule has 2 unspecified atom stereocenters. The average Bonchev–Trinajstić information content (AvgIpc) is 3.38. The van der Waals surface area contributed by atoms with Crippen molar-refractivity contribution in [1.29, 1.82) is 0 Å².